The molecule has 1 fully saturated rings. The molecule has 72 valence electrons. The normalized spacial score (nSPS) is 34.9. The van der Waals surface area contributed by atoms with E-state index in [9.17, 15) is 4.79 Å². The number of carbonyl (C=O) groups excluding carboxylic acids is 1. The molecule has 4 heteroatoms. The number of nitrogens with one attached hydrogen (secondary N) is 1. The van der Waals surface area contributed by atoms with Gasteiger partial charge in [-0.15, -0.1) is 0 Å². The maximum absolute atomic E-state index is 11.6. The Morgan fingerprint density at radius 2 is 2.38 bits per heavy atom. The van der Waals surface area contributed by atoms with Gasteiger partial charge in [0.2, 0.25) is 5.91 Å². The first-order valence-corrected chi connectivity index (χ1v) is 4.70. The minimum atomic E-state index is 0.0717. The second kappa shape index (κ2) is 3.10. The summed E-state index contributed by atoms with van der Waals surface area (Å²) in [6, 6.07) is 0.227. The number of amidine groups is 1. The molecule has 0 bridgehead atoms. The standard InChI is InChI=1S/C9H15N3O/c1-6-10-8-3-4-12(2)5-7(8)9(13)11-6/h7-8H,3-5H2,1-2H3,(H,10,11,13). The Morgan fingerprint density at radius 1 is 1.62 bits per heavy atom. The van der Waals surface area contributed by atoms with Gasteiger partial charge in [-0.3, -0.25) is 9.79 Å². The molecule has 2 rings (SSSR count). The molecule has 13 heavy (non-hydrogen) atoms. The van der Waals surface area contributed by atoms with E-state index in [1.165, 1.54) is 0 Å². The van der Waals surface area contributed by atoms with Gasteiger partial charge in [-0.05, 0) is 26.9 Å². The summed E-state index contributed by atoms with van der Waals surface area (Å²) >= 11 is 0. The lowest BCUT2D eigenvalue weighted by atomic mass is 9.91. The Hall–Kier alpha value is -0.900. The topological polar surface area (TPSA) is 44.7 Å². The summed E-state index contributed by atoms with van der Waals surface area (Å²) in [6.07, 6.45) is 1.01. The van der Waals surface area contributed by atoms with Crippen LogP contribution in [0.1, 0.15) is 13.3 Å². The largest absolute Gasteiger partial charge is 0.314 e. The highest BCUT2D eigenvalue weighted by Crippen LogP contribution is 2.21. The predicted molar refractivity (Wildman–Crippen MR) is 50.6 cm³/mol. The highest BCUT2D eigenvalue weighted by molar-refractivity contribution is 6.00. The van der Waals surface area contributed by atoms with Crippen molar-refractivity contribution in [2.45, 2.75) is 19.4 Å². The van der Waals surface area contributed by atoms with Crippen LogP contribution in [0.25, 0.3) is 0 Å². The van der Waals surface area contributed by atoms with Gasteiger partial charge in [0.1, 0.15) is 5.84 Å². The fourth-order valence-corrected chi connectivity index (χ4v) is 2.07. The van der Waals surface area contributed by atoms with Crippen LogP contribution in [0.5, 0.6) is 0 Å². The molecular weight excluding hydrogens is 166 g/mol. The molecule has 0 saturated carbocycles. The third-order valence-corrected chi connectivity index (χ3v) is 2.78. The zero-order valence-electron chi connectivity index (χ0n) is 8.08. The molecule has 2 aliphatic rings. The summed E-state index contributed by atoms with van der Waals surface area (Å²) in [5.41, 5.74) is 0. The van der Waals surface area contributed by atoms with Crippen molar-refractivity contribution in [1.82, 2.24) is 10.2 Å². The van der Waals surface area contributed by atoms with Gasteiger partial charge in [-0.1, -0.05) is 0 Å². The van der Waals surface area contributed by atoms with Gasteiger partial charge in [0.25, 0.3) is 0 Å². The number of piperidine rings is 1. The Kier molecular flexibility index (Phi) is 2.07. The maximum Gasteiger partial charge on any atom is 0.231 e. The zero-order valence-corrected chi connectivity index (χ0v) is 8.08. The lowest BCUT2D eigenvalue weighted by Crippen LogP contribution is -2.52. The zero-order chi connectivity index (χ0) is 9.42. The van der Waals surface area contributed by atoms with E-state index in [1.54, 1.807) is 0 Å². The Morgan fingerprint density at radius 3 is 3.15 bits per heavy atom. The monoisotopic (exact) mass is 181 g/mol. The van der Waals surface area contributed by atoms with Crippen molar-refractivity contribution in [2.24, 2.45) is 10.9 Å². The van der Waals surface area contributed by atoms with Crippen LogP contribution in [0, 0.1) is 5.92 Å². The Balaban J connectivity index is 2.17. The van der Waals surface area contributed by atoms with Crippen molar-refractivity contribution in [3.05, 3.63) is 0 Å². The van der Waals surface area contributed by atoms with Gasteiger partial charge in [-0.2, -0.15) is 0 Å². The van der Waals surface area contributed by atoms with E-state index in [4.69, 9.17) is 0 Å². The van der Waals surface area contributed by atoms with Gasteiger partial charge in [-0.25, -0.2) is 0 Å². The summed E-state index contributed by atoms with van der Waals surface area (Å²) in [7, 11) is 2.05. The molecule has 0 radical (unpaired) electrons. The van der Waals surface area contributed by atoms with Crippen molar-refractivity contribution < 1.29 is 4.79 Å². The first-order valence-electron chi connectivity index (χ1n) is 4.70. The van der Waals surface area contributed by atoms with E-state index in [0.717, 1.165) is 25.3 Å². The number of fused-ring (bicyclic) bond motifs is 1. The summed E-state index contributed by atoms with van der Waals surface area (Å²) in [6.45, 7) is 3.74. The predicted octanol–water partition coefficient (Wildman–Crippen LogP) is -0.145. The molecule has 2 unspecified atom stereocenters. The number of nitrogens with zero attached hydrogens (tertiary/aromatic N) is 2. The van der Waals surface area contributed by atoms with Crippen molar-refractivity contribution in [2.75, 3.05) is 20.1 Å². The van der Waals surface area contributed by atoms with Crippen molar-refractivity contribution in [3.63, 3.8) is 0 Å². The Labute approximate surface area is 78.0 Å². The summed E-state index contributed by atoms with van der Waals surface area (Å²) < 4.78 is 0. The van der Waals surface area contributed by atoms with Crippen LogP contribution in [0.2, 0.25) is 0 Å². The highest BCUT2D eigenvalue weighted by Gasteiger charge is 2.35. The second-order valence-electron chi connectivity index (χ2n) is 3.93. The molecule has 4 nitrogen and oxygen atoms in total. The van der Waals surface area contributed by atoms with Crippen molar-refractivity contribution in [3.8, 4) is 0 Å². The maximum atomic E-state index is 11.6. The van der Waals surface area contributed by atoms with Gasteiger partial charge >= 0.3 is 0 Å². The molecule has 1 saturated heterocycles. The molecule has 0 aromatic rings. The molecule has 2 aliphatic heterocycles. The van der Waals surface area contributed by atoms with Crippen LogP contribution >= 0.6 is 0 Å². The lowest BCUT2D eigenvalue weighted by Gasteiger charge is -2.36. The van der Waals surface area contributed by atoms with Crippen LogP contribution in [-0.2, 0) is 4.79 Å². The number of rotatable bonds is 0. The minimum Gasteiger partial charge on any atom is -0.314 e. The number of aliphatic imine (C=N–C) groups is 1. The highest BCUT2D eigenvalue weighted by atomic mass is 16.2. The molecule has 1 N–H and O–H groups in total. The molecule has 2 heterocycles. The number of amides is 1. The number of likely N-dealkylation sites (tertiary alicyclic amines) is 1. The van der Waals surface area contributed by atoms with Gasteiger partial charge in [0.15, 0.2) is 0 Å². The first kappa shape index (κ1) is 8.69. The smallest absolute Gasteiger partial charge is 0.231 e. The van der Waals surface area contributed by atoms with Crippen LogP contribution < -0.4 is 5.32 Å². The quantitative estimate of drug-likeness (QED) is 0.565. The van der Waals surface area contributed by atoms with E-state index in [1.807, 2.05) is 6.92 Å². The molecule has 0 spiro atoms. The summed E-state index contributed by atoms with van der Waals surface area (Å²) in [5.74, 6) is 0.988. The van der Waals surface area contributed by atoms with Crippen LogP contribution in [-0.4, -0.2) is 42.8 Å². The lowest BCUT2D eigenvalue weighted by molar-refractivity contribution is -0.126. The van der Waals surface area contributed by atoms with Crippen LogP contribution in [0.15, 0.2) is 4.99 Å². The van der Waals surface area contributed by atoms with Gasteiger partial charge in [0.05, 0.1) is 12.0 Å². The SMILES string of the molecule is CC1=NC2CCN(C)CC2C(=O)N1. The summed E-state index contributed by atoms with van der Waals surface area (Å²) in [5, 5.41) is 2.78. The van der Waals surface area contributed by atoms with E-state index < -0.39 is 0 Å². The fraction of sp³-hybridized carbons (Fsp3) is 0.778. The first-order chi connectivity index (χ1) is 6.16. The van der Waals surface area contributed by atoms with Gasteiger partial charge in [0, 0.05) is 6.54 Å². The minimum absolute atomic E-state index is 0.0717. The second-order valence-corrected chi connectivity index (χ2v) is 3.93. The van der Waals surface area contributed by atoms with E-state index in [-0.39, 0.29) is 17.9 Å². The van der Waals surface area contributed by atoms with Gasteiger partial charge < -0.3 is 10.2 Å². The molecule has 0 aliphatic carbocycles. The van der Waals surface area contributed by atoms with Crippen molar-refractivity contribution in [1.29, 1.82) is 0 Å². The average Bonchev–Trinajstić information content (AvgIpc) is 2.06. The average molecular weight is 181 g/mol. The molecule has 0 aromatic heterocycles. The third kappa shape index (κ3) is 1.58. The van der Waals surface area contributed by atoms with E-state index in [2.05, 4.69) is 22.3 Å². The number of carbonyl (C=O) groups is 1. The number of hydrogen-bond acceptors (Lipinski definition) is 3. The van der Waals surface area contributed by atoms with E-state index >= 15 is 0 Å². The summed E-state index contributed by atoms with van der Waals surface area (Å²) in [4.78, 5) is 18.2. The Bertz CT molecular complexity index is 262. The van der Waals surface area contributed by atoms with Crippen molar-refractivity contribution >= 4 is 11.7 Å². The molecule has 0 aromatic carbocycles. The molecule has 1 amide bonds. The molecular formula is C9H15N3O. The fourth-order valence-electron chi connectivity index (χ4n) is 2.07. The number of hydrogen-bond donors (Lipinski definition) is 1. The van der Waals surface area contributed by atoms with Crippen LogP contribution in [0.4, 0.5) is 0 Å². The van der Waals surface area contributed by atoms with E-state index in [0.29, 0.717) is 0 Å². The third-order valence-electron chi connectivity index (χ3n) is 2.78. The van der Waals surface area contributed by atoms with Crippen LogP contribution in [0.3, 0.4) is 0 Å². The molecule has 2 atom stereocenters.